The number of anilines is 1. The SMILES string of the molecule is CCC(/C=C1\Sc2ccc(OC)cc2N1CCC(=O)O)=C\c1sc2cc(OC)ccc2[n+]1CCC(=O)O. The van der Waals surface area contributed by atoms with Crippen molar-refractivity contribution in [2.24, 2.45) is 0 Å². The van der Waals surface area contributed by atoms with Gasteiger partial charge in [0.05, 0.1) is 31.4 Å². The summed E-state index contributed by atoms with van der Waals surface area (Å²) in [6, 6.07) is 11.6. The van der Waals surface area contributed by atoms with Crippen LogP contribution in [-0.2, 0) is 16.1 Å². The first kappa shape index (κ1) is 26.6. The molecule has 3 aromatic rings. The zero-order chi connectivity index (χ0) is 26.5. The van der Waals surface area contributed by atoms with Gasteiger partial charge in [-0.3, -0.25) is 9.59 Å². The van der Waals surface area contributed by atoms with E-state index in [0.29, 0.717) is 18.8 Å². The molecule has 0 unspecified atom stereocenters. The van der Waals surface area contributed by atoms with Crippen LogP contribution in [-0.4, -0.2) is 42.9 Å². The van der Waals surface area contributed by atoms with Crippen molar-refractivity contribution in [3.63, 3.8) is 0 Å². The summed E-state index contributed by atoms with van der Waals surface area (Å²) in [6.45, 7) is 2.76. The number of thiazole rings is 1. The van der Waals surface area contributed by atoms with Gasteiger partial charge in [-0.05, 0) is 36.3 Å². The molecular weight excluding hydrogens is 512 g/mol. The monoisotopic (exact) mass is 541 g/mol. The molecule has 1 aliphatic rings. The largest absolute Gasteiger partial charge is 0.497 e. The molecule has 2 N–H and O–H groups in total. The van der Waals surface area contributed by atoms with Crippen LogP contribution in [0.3, 0.4) is 0 Å². The van der Waals surface area contributed by atoms with Crippen LogP contribution in [0.4, 0.5) is 5.69 Å². The number of hydrogen-bond donors (Lipinski definition) is 2. The molecule has 0 amide bonds. The number of methoxy groups -OCH3 is 2. The Hall–Kier alpha value is -3.50. The van der Waals surface area contributed by atoms with E-state index in [4.69, 9.17) is 9.47 Å². The van der Waals surface area contributed by atoms with E-state index < -0.39 is 11.9 Å². The fraction of sp³-hybridized carbons (Fsp3) is 0.296. The lowest BCUT2D eigenvalue weighted by atomic mass is 10.2. The molecule has 0 radical (unpaired) electrons. The number of benzene rings is 2. The minimum atomic E-state index is -0.855. The van der Waals surface area contributed by atoms with Gasteiger partial charge in [0, 0.05) is 35.7 Å². The number of nitrogens with zero attached hydrogens (tertiary/aromatic N) is 2. The molecule has 10 heteroatoms. The van der Waals surface area contributed by atoms with Crippen LogP contribution in [0.1, 0.15) is 31.2 Å². The van der Waals surface area contributed by atoms with E-state index in [0.717, 1.165) is 48.6 Å². The first-order valence-corrected chi connectivity index (χ1v) is 13.5. The Morgan fingerprint density at radius 3 is 2.41 bits per heavy atom. The Morgan fingerprint density at radius 2 is 1.73 bits per heavy atom. The fourth-order valence-electron chi connectivity index (χ4n) is 4.07. The lowest BCUT2D eigenvalue weighted by Crippen LogP contribution is -2.36. The Bertz CT molecular complexity index is 1400. The second-order valence-electron chi connectivity index (χ2n) is 8.36. The molecule has 4 rings (SSSR count). The third-order valence-corrected chi connectivity index (χ3v) is 8.21. The first-order valence-electron chi connectivity index (χ1n) is 11.8. The highest BCUT2D eigenvalue weighted by molar-refractivity contribution is 8.03. The molecule has 0 saturated heterocycles. The van der Waals surface area contributed by atoms with Crippen LogP contribution in [0.2, 0.25) is 0 Å². The average Bonchev–Trinajstić information content (AvgIpc) is 3.40. The van der Waals surface area contributed by atoms with Gasteiger partial charge in [0.1, 0.15) is 22.6 Å². The smallest absolute Gasteiger partial charge is 0.309 e. The molecule has 0 atom stereocenters. The van der Waals surface area contributed by atoms with E-state index in [1.165, 1.54) is 0 Å². The number of thioether (sulfide) groups is 1. The molecule has 37 heavy (non-hydrogen) atoms. The summed E-state index contributed by atoms with van der Waals surface area (Å²) in [5.41, 5.74) is 2.93. The summed E-state index contributed by atoms with van der Waals surface area (Å²) >= 11 is 3.18. The van der Waals surface area contributed by atoms with E-state index in [2.05, 4.69) is 19.1 Å². The summed E-state index contributed by atoms with van der Waals surface area (Å²) in [5, 5.41) is 20.5. The maximum atomic E-state index is 11.4. The standard InChI is InChI=1S/C27H28N2O6S2/c1-4-17(13-24-28(11-9-26(30)31)20-7-5-19(35-3)16-23(20)37-24)14-25-29(12-10-27(32)33)21-15-18(34-2)6-8-22(21)36-25/h5-8,13-16H,4,9-12H2,1-3H3,(H-,30,31,32,33)/p+1. The van der Waals surface area contributed by atoms with Crippen LogP contribution in [0, 0.1) is 0 Å². The molecule has 2 aromatic carbocycles. The number of hydrogen-bond acceptors (Lipinski definition) is 7. The Labute approximate surface area is 223 Å². The molecule has 0 saturated carbocycles. The van der Waals surface area contributed by atoms with Crippen molar-refractivity contribution in [1.82, 2.24) is 0 Å². The van der Waals surface area contributed by atoms with Crippen molar-refractivity contribution in [2.75, 3.05) is 25.7 Å². The van der Waals surface area contributed by atoms with Crippen molar-refractivity contribution in [3.05, 3.63) is 58.1 Å². The van der Waals surface area contributed by atoms with Gasteiger partial charge in [-0.2, -0.15) is 4.57 Å². The van der Waals surface area contributed by atoms with E-state index in [1.54, 1.807) is 37.3 Å². The third-order valence-electron chi connectivity index (χ3n) is 6.00. The van der Waals surface area contributed by atoms with Crippen LogP contribution in [0.5, 0.6) is 11.5 Å². The molecule has 0 aliphatic carbocycles. The van der Waals surface area contributed by atoms with Gasteiger partial charge in [0.15, 0.2) is 6.54 Å². The summed E-state index contributed by atoms with van der Waals surface area (Å²) < 4.78 is 13.8. The third kappa shape index (κ3) is 6.08. The summed E-state index contributed by atoms with van der Waals surface area (Å²) in [4.78, 5) is 25.8. The van der Waals surface area contributed by atoms with Crippen LogP contribution >= 0.6 is 23.1 Å². The molecule has 2 heterocycles. The number of carbonyl (C=O) groups is 2. The van der Waals surface area contributed by atoms with E-state index in [1.807, 2.05) is 45.9 Å². The molecular formula is C27H29N2O6S2+. The molecule has 194 valence electrons. The van der Waals surface area contributed by atoms with E-state index in [-0.39, 0.29) is 12.8 Å². The van der Waals surface area contributed by atoms with Crippen LogP contribution in [0.15, 0.2) is 58.0 Å². The van der Waals surface area contributed by atoms with Crippen molar-refractivity contribution in [1.29, 1.82) is 0 Å². The highest BCUT2D eigenvalue weighted by atomic mass is 32.2. The summed E-state index contributed by atoms with van der Waals surface area (Å²) in [6.07, 6.45) is 4.94. The zero-order valence-corrected chi connectivity index (χ0v) is 22.5. The number of fused-ring (bicyclic) bond motifs is 2. The lowest BCUT2D eigenvalue weighted by Gasteiger charge is -2.20. The first-order chi connectivity index (χ1) is 17.8. The number of aliphatic carboxylic acids is 2. The van der Waals surface area contributed by atoms with Gasteiger partial charge in [0.25, 0.3) is 5.01 Å². The molecule has 1 aromatic heterocycles. The van der Waals surface area contributed by atoms with Gasteiger partial charge >= 0.3 is 11.9 Å². The lowest BCUT2D eigenvalue weighted by molar-refractivity contribution is -0.667. The number of allylic oxidation sites excluding steroid dienone is 2. The van der Waals surface area contributed by atoms with Crippen molar-refractivity contribution < 1.29 is 33.8 Å². The average molecular weight is 542 g/mol. The van der Waals surface area contributed by atoms with Gasteiger partial charge in [-0.25, -0.2) is 0 Å². The summed E-state index contributed by atoms with van der Waals surface area (Å²) in [5.74, 6) is -0.241. The van der Waals surface area contributed by atoms with Crippen molar-refractivity contribution in [2.45, 2.75) is 37.6 Å². The Balaban J connectivity index is 1.75. The molecule has 0 fully saturated rings. The highest BCUT2D eigenvalue weighted by Gasteiger charge is 2.27. The predicted molar refractivity (Wildman–Crippen MR) is 146 cm³/mol. The maximum absolute atomic E-state index is 11.4. The van der Waals surface area contributed by atoms with Crippen molar-refractivity contribution >= 4 is 57.0 Å². The molecule has 0 spiro atoms. The second kappa shape index (κ2) is 11.7. The molecule has 1 aliphatic heterocycles. The predicted octanol–water partition coefficient (Wildman–Crippen LogP) is 5.40. The van der Waals surface area contributed by atoms with Gasteiger partial charge in [0.2, 0.25) is 5.52 Å². The Kier molecular flexibility index (Phi) is 8.40. The topological polar surface area (TPSA) is 100 Å². The minimum Gasteiger partial charge on any atom is -0.497 e. The quantitative estimate of drug-likeness (QED) is 0.311. The highest BCUT2D eigenvalue weighted by Crippen LogP contribution is 2.48. The van der Waals surface area contributed by atoms with E-state index >= 15 is 0 Å². The summed E-state index contributed by atoms with van der Waals surface area (Å²) in [7, 11) is 3.23. The molecule has 0 bridgehead atoms. The number of ether oxygens (including phenoxy) is 2. The number of rotatable bonds is 11. The second-order valence-corrected chi connectivity index (χ2v) is 10.5. The zero-order valence-electron chi connectivity index (χ0n) is 20.9. The fourth-order valence-corrected chi connectivity index (χ4v) is 6.41. The van der Waals surface area contributed by atoms with Gasteiger partial charge in [-0.15, -0.1) is 0 Å². The maximum Gasteiger partial charge on any atom is 0.309 e. The van der Waals surface area contributed by atoms with Gasteiger partial charge < -0.3 is 24.6 Å². The normalized spacial score (nSPS) is 14.3. The Morgan fingerprint density at radius 1 is 1.03 bits per heavy atom. The van der Waals surface area contributed by atoms with Crippen LogP contribution < -0.4 is 18.9 Å². The number of carboxylic acid groups (broad SMARTS) is 2. The van der Waals surface area contributed by atoms with Gasteiger partial charge in [-0.1, -0.05) is 30.0 Å². The number of carboxylic acids is 2. The number of aromatic nitrogens is 1. The van der Waals surface area contributed by atoms with E-state index in [9.17, 15) is 19.8 Å². The van der Waals surface area contributed by atoms with Crippen molar-refractivity contribution in [3.8, 4) is 11.5 Å². The molecule has 8 nitrogen and oxygen atoms in total. The minimum absolute atomic E-state index is 0.00700. The van der Waals surface area contributed by atoms with Crippen LogP contribution in [0.25, 0.3) is 16.3 Å². The number of aryl methyl sites for hydroxylation is 1.